The van der Waals surface area contributed by atoms with E-state index in [2.05, 4.69) is 106 Å². The first-order valence-corrected chi connectivity index (χ1v) is 7.60. The molecule has 2 rings (SSSR count). The Balaban J connectivity index is 2.92. The SMILES string of the molecule is Ic1nc2c(I)c(I)c(I)cc2[nH]1. The van der Waals surface area contributed by atoms with Crippen LogP contribution in [0.25, 0.3) is 11.0 Å². The van der Waals surface area contributed by atoms with E-state index in [4.69, 9.17) is 0 Å². The van der Waals surface area contributed by atoms with Gasteiger partial charge in [0.25, 0.3) is 0 Å². The van der Waals surface area contributed by atoms with Crippen LogP contribution < -0.4 is 0 Å². The summed E-state index contributed by atoms with van der Waals surface area (Å²) >= 11 is 9.24. The largest absolute Gasteiger partial charge is 0.333 e. The molecule has 0 aliphatic carbocycles. The van der Waals surface area contributed by atoms with Crippen molar-refractivity contribution in [2.75, 3.05) is 0 Å². The van der Waals surface area contributed by atoms with E-state index >= 15 is 0 Å². The number of hydrogen-bond donors (Lipinski definition) is 1. The third-order valence-corrected chi connectivity index (χ3v) is 7.18. The predicted molar refractivity (Wildman–Crippen MR) is 87.0 cm³/mol. The van der Waals surface area contributed by atoms with Gasteiger partial charge >= 0.3 is 0 Å². The Morgan fingerprint density at radius 3 is 2.46 bits per heavy atom. The number of nitrogens with one attached hydrogen (secondary N) is 1. The highest BCUT2D eigenvalue weighted by Gasteiger charge is 2.10. The molecule has 0 saturated carbocycles. The highest BCUT2D eigenvalue weighted by molar-refractivity contribution is 14.1. The van der Waals surface area contributed by atoms with Gasteiger partial charge in [-0.05, 0) is 96.4 Å². The van der Waals surface area contributed by atoms with Crippen molar-refractivity contribution in [3.63, 3.8) is 0 Å². The Kier molecular flexibility index (Phi) is 3.62. The molecule has 2 aromatic rings. The summed E-state index contributed by atoms with van der Waals surface area (Å²) in [4.78, 5) is 7.66. The summed E-state index contributed by atoms with van der Waals surface area (Å²) in [5, 5.41) is 0. The number of nitrogens with zero attached hydrogens (tertiary/aromatic N) is 1. The molecule has 0 unspecified atom stereocenters. The Bertz CT molecular complexity index is 477. The van der Waals surface area contributed by atoms with Gasteiger partial charge in [-0.25, -0.2) is 4.98 Å². The molecule has 0 spiro atoms. The van der Waals surface area contributed by atoms with Crippen molar-refractivity contribution in [3.05, 3.63) is 20.6 Å². The standard InChI is InChI=1S/C7H2I4N2/c8-2-1-3-6(5(10)4(2)9)13-7(11)12-3/h1H,(H,12,13). The number of aromatic nitrogens is 2. The van der Waals surface area contributed by atoms with Crippen LogP contribution in [0.4, 0.5) is 0 Å². The van der Waals surface area contributed by atoms with Crippen molar-refractivity contribution in [1.82, 2.24) is 9.97 Å². The van der Waals surface area contributed by atoms with Gasteiger partial charge in [-0.3, -0.25) is 0 Å². The normalized spacial score (nSPS) is 11.1. The zero-order valence-corrected chi connectivity index (χ0v) is 14.7. The topological polar surface area (TPSA) is 28.7 Å². The lowest BCUT2D eigenvalue weighted by molar-refractivity contribution is 1.26. The first-order chi connectivity index (χ1) is 6.09. The Morgan fingerprint density at radius 2 is 1.77 bits per heavy atom. The van der Waals surface area contributed by atoms with Crippen LogP contribution in [0, 0.1) is 14.5 Å². The van der Waals surface area contributed by atoms with Gasteiger partial charge in [-0.2, -0.15) is 0 Å². The van der Waals surface area contributed by atoms with E-state index in [1.807, 2.05) is 0 Å². The second-order valence-electron chi connectivity index (χ2n) is 2.41. The fourth-order valence-electron chi connectivity index (χ4n) is 1.03. The number of aromatic amines is 1. The first-order valence-electron chi connectivity index (χ1n) is 3.28. The Morgan fingerprint density at radius 1 is 1.08 bits per heavy atom. The predicted octanol–water partition coefficient (Wildman–Crippen LogP) is 3.98. The number of imidazole rings is 1. The second kappa shape index (κ2) is 4.23. The molecule has 1 heterocycles. The molecule has 0 atom stereocenters. The maximum atomic E-state index is 4.43. The minimum Gasteiger partial charge on any atom is -0.333 e. The van der Waals surface area contributed by atoms with Gasteiger partial charge in [-0.1, -0.05) is 0 Å². The number of hydrogen-bond acceptors (Lipinski definition) is 1. The van der Waals surface area contributed by atoms with Crippen molar-refractivity contribution in [1.29, 1.82) is 0 Å². The molecule has 0 saturated heterocycles. The molecule has 13 heavy (non-hydrogen) atoms. The summed E-state index contributed by atoms with van der Waals surface area (Å²) in [7, 11) is 0. The van der Waals surface area contributed by atoms with E-state index in [1.54, 1.807) is 0 Å². The van der Waals surface area contributed by atoms with Crippen molar-refractivity contribution < 1.29 is 0 Å². The minimum atomic E-state index is 0.948. The number of halogens is 4. The van der Waals surface area contributed by atoms with E-state index in [0.717, 1.165) is 14.9 Å². The average molecular weight is 622 g/mol. The second-order valence-corrected chi connectivity index (χ2v) is 6.75. The van der Waals surface area contributed by atoms with Crippen LogP contribution in [0.3, 0.4) is 0 Å². The zero-order valence-electron chi connectivity index (χ0n) is 6.04. The third-order valence-electron chi connectivity index (χ3n) is 1.58. The molecule has 0 aliphatic rings. The fraction of sp³-hybridized carbons (Fsp3) is 0. The lowest BCUT2D eigenvalue weighted by Gasteiger charge is -1.99. The third kappa shape index (κ3) is 2.09. The first kappa shape index (κ1) is 11.1. The van der Waals surface area contributed by atoms with Crippen LogP contribution in [0.15, 0.2) is 6.07 Å². The molecule has 0 bridgehead atoms. The van der Waals surface area contributed by atoms with Gasteiger partial charge in [0.05, 0.1) is 9.09 Å². The van der Waals surface area contributed by atoms with Crippen LogP contribution in [0.2, 0.25) is 0 Å². The van der Waals surface area contributed by atoms with E-state index in [0.29, 0.717) is 0 Å². The fourth-order valence-corrected chi connectivity index (χ4v) is 3.77. The zero-order chi connectivity index (χ0) is 9.59. The molecule has 0 amide bonds. The maximum Gasteiger partial charge on any atom is 0.169 e. The van der Waals surface area contributed by atoms with Crippen LogP contribution in [-0.4, -0.2) is 9.97 Å². The molecular weight excluding hydrogens is 620 g/mol. The molecule has 1 aromatic carbocycles. The van der Waals surface area contributed by atoms with E-state index < -0.39 is 0 Å². The molecule has 0 aliphatic heterocycles. The minimum absolute atomic E-state index is 0.948. The number of benzene rings is 1. The molecule has 1 N–H and O–H groups in total. The molecule has 68 valence electrons. The summed E-state index contributed by atoms with van der Waals surface area (Å²) in [6.07, 6.45) is 0. The lowest BCUT2D eigenvalue weighted by Crippen LogP contribution is -1.86. The van der Waals surface area contributed by atoms with Gasteiger partial charge < -0.3 is 4.98 Å². The maximum absolute atomic E-state index is 4.43. The lowest BCUT2D eigenvalue weighted by atomic mass is 10.3. The van der Waals surface area contributed by atoms with E-state index in [-0.39, 0.29) is 0 Å². The highest BCUT2D eigenvalue weighted by atomic mass is 127. The molecule has 0 fully saturated rings. The summed E-state index contributed by atoms with van der Waals surface area (Å²) in [5.74, 6) is 0. The monoisotopic (exact) mass is 622 g/mol. The molecular formula is C7H2I4N2. The van der Waals surface area contributed by atoms with Gasteiger partial charge in [0.2, 0.25) is 0 Å². The van der Waals surface area contributed by atoms with Crippen LogP contribution in [-0.2, 0) is 0 Å². The number of H-pyrrole nitrogens is 1. The van der Waals surface area contributed by atoms with Gasteiger partial charge in [0.15, 0.2) is 3.83 Å². The molecule has 0 radical (unpaired) electrons. The quantitative estimate of drug-likeness (QED) is 0.350. The van der Waals surface area contributed by atoms with Gasteiger partial charge in [0.1, 0.15) is 5.52 Å². The average Bonchev–Trinajstić information content (AvgIpc) is 2.42. The van der Waals surface area contributed by atoms with Crippen LogP contribution in [0.5, 0.6) is 0 Å². The van der Waals surface area contributed by atoms with Crippen molar-refractivity contribution >= 4 is 101 Å². The highest BCUT2D eigenvalue weighted by Crippen LogP contribution is 2.28. The molecule has 1 aromatic heterocycles. The molecule has 2 nitrogen and oxygen atoms in total. The van der Waals surface area contributed by atoms with Crippen LogP contribution in [0.1, 0.15) is 0 Å². The van der Waals surface area contributed by atoms with Crippen LogP contribution >= 0.6 is 90.4 Å². The van der Waals surface area contributed by atoms with E-state index in [9.17, 15) is 0 Å². The van der Waals surface area contributed by atoms with Gasteiger partial charge in [-0.15, -0.1) is 0 Å². The number of fused-ring (bicyclic) bond motifs is 1. The van der Waals surface area contributed by atoms with Crippen molar-refractivity contribution in [2.45, 2.75) is 0 Å². The Hall–Kier alpha value is 1.61. The van der Waals surface area contributed by atoms with Crippen molar-refractivity contribution in [3.8, 4) is 0 Å². The summed E-state index contributed by atoms with van der Waals surface area (Å²) < 4.78 is 4.74. The van der Waals surface area contributed by atoms with Gasteiger partial charge in [0, 0.05) is 7.14 Å². The molecule has 6 heteroatoms. The van der Waals surface area contributed by atoms with Crippen molar-refractivity contribution in [2.24, 2.45) is 0 Å². The smallest absolute Gasteiger partial charge is 0.169 e. The summed E-state index contributed by atoms with van der Waals surface area (Å²) in [6, 6.07) is 2.13. The van der Waals surface area contributed by atoms with E-state index in [1.165, 1.54) is 10.7 Å². The number of rotatable bonds is 0. The Labute approximate surface area is 130 Å². The summed E-state index contributed by atoms with van der Waals surface area (Å²) in [5.41, 5.74) is 2.20. The summed E-state index contributed by atoms with van der Waals surface area (Å²) in [6.45, 7) is 0.